The summed E-state index contributed by atoms with van der Waals surface area (Å²) in [5, 5.41) is 9.55. The van der Waals surface area contributed by atoms with Gasteiger partial charge in [0.2, 0.25) is 0 Å². The number of rotatable bonds is 6. The summed E-state index contributed by atoms with van der Waals surface area (Å²) in [5.41, 5.74) is 4.60. The van der Waals surface area contributed by atoms with Crippen molar-refractivity contribution in [3.63, 3.8) is 0 Å². The molecular formula is C22H28N4O. The molecule has 3 N–H and O–H groups in total. The molecule has 0 heterocycles. The molecule has 2 unspecified atom stereocenters. The third-order valence-electron chi connectivity index (χ3n) is 5.05. The molecule has 1 amide bonds. The van der Waals surface area contributed by atoms with Crippen molar-refractivity contribution in [1.82, 2.24) is 16.0 Å². The van der Waals surface area contributed by atoms with Crippen molar-refractivity contribution in [2.24, 2.45) is 4.99 Å². The molecular weight excluding hydrogens is 336 g/mol. The zero-order chi connectivity index (χ0) is 19.2. The smallest absolute Gasteiger partial charge is 0.251 e. The van der Waals surface area contributed by atoms with E-state index in [1.807, 2.05) is 24.3 Å². The van der Waals surface area contributed by atoms with Gasteiger partial charge >= 0.3 is 0 Å². The molecule has 0 aromatic heterocycles. The lowest BCUT2D eigenvalue weighted by molar-refractivity contribution is 0.0963. The molecule has 0 spiro atoms. The maximum absolute atomic E-state index is 11.7. The number of carbonyl (C=O) groups is 1. The minimum atomic E-state index is -0.0572. The fraction of sp³-hybridized carbons (Fsp3) is 0.364. The molecule has 27 heavy (non-hydrogen) atoms. The summed E-state index contributed by atoms with van der Waals surface area (Å²) in [6.07, 6.45) is 1.97. The van der Waals surface area contributed by atoms with Crippen LogP contribution in [0.4, 0.5) is 0 Å². The first-order chi connectivity index (χ1) is 13.1. The maximum atomic E-state index is 11.7. The molecule has 0 radical (unpaired) electrons. The highest BCUT2D eigenvalue weighted by Crippen LogP contribution is 2.41. The standard InChI is InChI=1S/C22H28N4O/c1-15-7-4-5-10-18(15)19-14-20(19)26-22(24-3)25-12-11-16-8-6-9-17(13-16)21(27)23-2/h4-10,13,19-20H,11-12,14H2,1-3H3,(H,23,27)(H2,24,25,26). The van der Waals surface area contributed by atoms with Crippen molar-refractivity contribution in [2.75, 3.05) is 20.6 Å². The fourth-order valence-corrected chi connectivity index (χ4v) is 3.41. The Labute approximate surface area is 161 Å². The van der Waals surface area contributed by atoms with Crippen LogP contribution in [-0.2, 0) is 6.42 Å². The first kappa shape index (κ1) is 19.0. The van der Waals surface area contributed by atoms with E-state index in [1.165, 1.54) is 11.1 Å². The second-order valence-electron chi connectivity index (χ2n) is 6.98. The quantitative estimate of drug-likeness (QED) is 0.545. The molecule has 2 atom stereocenters. The number of hydrogen-bond donors (Lipinski definition) is 3. The third-order valence-corrected chi connectivity index (χ3v) is 5.05. The molecule has 1 aliphatic rings. The molecule has 0 bridgehead atoms. The van der Waals surface area contributed by atoms with Gasteiger partial charge in [-0.25, -0.2) is 0 Å². The van der Waals surface area contributed by atoms with Gasteiger partial charge in [-0.15, -0.1) is 0 Å². The second kappa shape index (κ2) is 8.71. The van der Waals surface area contributed by atoms with E-state index in [1.54, 1.807) is 14.1 Å². The van der Waals surface area contributed by atoms with Crippen LogP contribution < -0.4 is 16.0 Å². The number of aryl methyl sites for hydroxylation is 1. The minimum absolute atomic E-state index is 0.0572. The van der Waals surface area contributed by atoms with Crippen LogP contribution in [0.2, 0.25) is 0 Å². The third kappa shape index (κ3) is 4.88. The molecule has 142 valence electrons. The Bertz CT molecular complexity index is 831. The number of nitrogens with one attached hydrogen (secondary N) is 3. The topological polar surface area (TPSA) is 65.5 Å². The SMILES string of the molecule is CN=C(NCCc1cccc(C(=O)NC)c1)NC1CC1c1ccccc1C. The number of guanidine groups is 1. The van der Waals surface area contributed by atoms with Crippen molar-refractivity contribution >= 4 is 11.9 Å². The minimum Gasteiger partial charge on any atom is -0.356 e. The molecule has 2 aromatic rings. The summed E-state index contributed by atoms with van der Waals surface area (Å²) in [5.74, 6) is 1.34. The van der Waals surface area contributed by atoms with Crippen LogP contribution in [0.15, 0.2) is 53.5 Å². The first-order valence-electron chi connectivity index (χ1n) is 9.46. The van der Waals surface area contributed by atoms with Gasteiger partial charge < -0.3 is 16.0 Å². The van der Waals surface area contributed by atoms with Gasteiger partial charge in [-0.3, -0.25) is 9.79 Å². The van der Waals surface area contributed by atoms with Gasteiger partial charge in [-0.1, -0.05) is 36.4 Å². The van der Waals surface area contributed by atoms with Gasteiger partial charge in [0.1, 0.15) is 0 Å². The Kier molecular flexibility index (Phi) is 6.12. The summed E-state index contributed by atoms with van der Waals surface area (Å²) in [7, 11) is 3.45. The Hall–Kier alpha value is -2.82. The molecule has 1 fully saturated rings. The zero-order valence-corrected chi connectivity index (χ0v) is 16.3. The van der Waals surface area contributed by atoms with E-state index in [9.17, 15) is 4.79 Å². The van der Waals surface area contributed by atoms with Crippen molar-refractivity contribution in [1.29, 1.82) is 0 Å². The molecule has 0 aliphatic heterocycles. The number of amides is 1. The summed E-state index contributed by atoms with van der Waals surface area (Å²) < 4.78 is 0. The zero-order valence-electron chi connectivity index (χ0n) is 16.3. The highest BCUT2D eigenvalue weighted by Gasteiger charge is 2.39. The van der Waals surface area contributed by atoms with E-state index in [0.717, 1.165) is 30.9 Å². The van der Waals surface area contributed by atoms with Gasteiger partial charge in [0, 0.05) is 38.2 Å². The van der Waals surface area contributed by atoms with Crippen LogP contribution in [0.3, 0.4) is 0 Å². The summed E-state index contributed by atoms with van der Waals surface area (Å²) in [4.78, 5) is 16.1. The van der Waals surface area contributed by atoms with Crippen LogP contribution in [0.25, 0.3) is 0 Å². The average Bonchev–Trinajstić information content (AvgIpc) is 3.46. The monoisotopic (exact) mass is 364 g/mol. The largest absolute Gasteiger partial charge is 0.356 e. The lowest BCUT2D eigenvalue weighted by Gasteiger charge is -2.13. The van der Waals surface area contributed by atoms with E-state index >= 15 is 0 Å². The molecule has 5 heteroatoms. The summed E-state index contributed by atoms with van der Waals surface area (Å²) in [6, 6.07) is 16.8. The number of benzene rings is 2. The number of aliphatic imine (C=N–C) groups is 1. The van der Waals surface area contributed by atoms with E-state index in [2.05, 4.69) is 52.1 Å². The summed E-state index contributed by atoms with van der Waals surface area (Å²) in [6.45, 7) is 2.93. The molecule has 1 saturated carbocycles. The van der Waals surface area contributed by atoms with Gasteiger partial charge in [0.15, 0.2) is 5.96 Å². The Morgan fingerprint density at radius 3 is 2.74 bits per heavy atom. The van der Waals surface area contributed by atoms with Crippen molar-refractivity contribution in [3.05, 3.63) is 70.8 Å². The fourth-order valence-electron chi connectivity index (χ4n) is 3.41. The summed E-state index contributed by atoms with van der Waals surface area (Å²) >= 11 is 0. The van der Waals surface area contributed by atoms with Crippen molar-refractivity contribution < 1.29 is 4.79 Å². The van der Waals surface area contributed by atoms with E-state index in [0.29, 0.717) is 17.5 Å². The molecule has 5 nitrogen and oxygen atoms in total. The van der Waals surface area contributed by atoms with Crippen molar-refractivity contribution in [2.45, 2.75) is 31.7 Å². The van der Waals surface area contributed by atoms with E-state index in [4.69, 9.17) is 0 Å². The Morgan fingerprint density at radius 2 is 2.00 bits per heavy atom. The Balaban J connectivity index is 1.48. The van der Waals surface area contributed by atoms with Gasteiger partial charge in [0.25, 0.3) is 5.91 Å². The molecule has 3 rings (SSSR count). The average molecular weight is 364 g/mol. The van der Waals surface area contributed by atoms with Crippen molar-refractivity contribution in [3.8, 4) is 0 Å². The lowest BCUT2D eigenvalue weighted by Crippen LogP contribution is -2.40. The van der Waals surface area contributed by atoms with Crippen LogP contribution >= 0.6 is 0 Å². The second-order valence-corrected chi connectivity index (χ2v) is 6.98. The van der Waals surface area contributed by atoms with E-state index < -0.39 is 0 Å². The number of nitrogens with zero attached hydrogens (tertiary/aromatic N) is 1. The lowest BCUT2D eigenvalue weighted by atomic mass is 10.0. The maximum Gasteiger partial charge on any atom is 0.251 e. The van der Waals surface area contributed by atoms with Crippen LogP contribution in [-0.4, -0.2) is 38.5 Å². The van der Waals surface area contributed by atoms with E-state index in [-0.39, 0.29) is 5.91 Å². The van der Waals surface area contributed by atoms with Gasteiger partial charge in [0.05, 0.1) is 0 Å². The highest BCUT2D eigenvalue weighted by molar-refractivity contribution is 5.94. The number of hydrogen-bond acceptors (Lipinski definition) is 2. The predicted octanol–water partition coefficient (Wildman–Crippen LogP) is 2.62. The molecule has 0 saturated heterocycles. The van der Waals surface area contributed by atoms with Gasteiger partial charge in [-0.2, -0.15) is 0 Å². The Morgan fingerprint density at radius 1 is 1.19 bits per heavy atom. The number of carbonyl (C=O) groups excluding carboxylic acids is 1. The highest BCUT2D eigenvalue weighted by atomic mass is 16.1. The predicted molar refractivity (Wildman–Crippen MR) is 110 cm³/mol. The first-order valence-corrected chi connectivity index (χ1v) is 9.46. The van der Waals surface area contributed by atoms with Gasteiger partial charge in [-0.05, 0) is 48.6 Å². The normalized spacial score (nSPS) is 18.7. The molecule has 1 aliphatic carbocycles. The van der Waals surface area contributed by atoms with Crippen LogP contribution in [0, 0.1) is 6.92 Å². The molecule has 2 aromatic carbocycles. The van der Waals surface area contributed by atoms with Crippen LogP contribution in [0.1, 0.15) is 39.4 Å². The van der Waals surface area contributed by atoms with Crippen LogP contribution in [0.5, 0.6) is 0 Å².